The van der Waals surface area contributed by atoms with Crippen molar-refractivity contribution in [1.82, 2.24) is 10.8 Å². The molecule has 0 bridgehead atoms. The van der Waals surface area contributed by atoms with Crippen LogP contribution in [0.1, 0.15) is 23.1 Å². The highest BCUT2D eigenvalue weighted by atomic mass is 35.5. The van der Waals surface area contributed by atoms with Crippen LogP contribution in [0.15, 0.2) is 41.4 Å². The molecule has 2 aliphatic heterocycles. The molecule has 0 radical (unpaired) electrons. The van der Waals surface area contributed by atoms with E-state index in [0.717, 1.165) is 12.1 Å². The number of hydrogen-bond acceptors (Lipinski definition) is 4. The highest BCUT2D eigenvalue weighted by Gasteiger charge is 2.58. The van der Waals surface area contributed by atoms with Crippen LogP contribution >= 0.6 is 35.4 Å². The molecule has 12 heteroatoms. The van der Waals surface area contributed by atoms with Crippen molar-refractivity contribution in [1.29, 1.82) is 0 Å². The molecule has 1 amide bonds. The van der Waals surface area contributed by atoms with Gasteiger partial charge >= 0.3 is 6.18 Å². The van der Waals surface area contributed by atoms with Crippen LogP contribution in [-0.4, -0.2) is 42.0 Å². The van der Waals surface area contributed by atoms with Crippen molar-refractivity contribution in [2.75, 3.05) is 13.2 Å². The molecular weight excluding hydrogens is 505 g/mol. The third-order valence-electron chi connectivity index (χ3n) is 5.61. The van der Waals surface area contributed by atoms with Gasteiger partial charge in [-0.3, -0.25) is 14.6 Å². The molecule has 2 atom stereocenters. The summed E-state index contributed by atoms with van der Waals surface area (Å²) in [6, 6.07) is 7.73. The highest BCUT2D eigenvalue weighted by molar-refractivity contribution is 7.80. The Bertz CT molecular complexity index is 1130. The van der Waals surface area contributed by atoms with E-state index in [2.05, 4.69) is 15.8 Å². The molecule has 0 saturated carbocycles. The number of halogens is 6. The van der Waals surface area contributed by atoms with Crippen molar-refractivity contribution in [3.63, 3.8) is 0 Å². The number of hydroxylamine groups is 1. The van der Waals surface area contributed by atoms with Crippen LogP contribution in [0.2, 0.25) is 10.0 Å². The molecule has 0 aromatic heterocycles. The summed E-state index contributed by atoms with van der Waals surface area (Å²) in [5.74, 6) is -1.32. The Balaban J connectivity index is 1.56. The maximum Gasteiger partial charge on any atom is 0.400 e. The first kappa shape index (κ1) is 23.9. The Morgan fingerprint density at radius 1 is 1.21 bits per heavy atom. The molecule has 2 unspecified atom stereocenters. The molecule has 4 rings (SSSR count). The standard InChI is InChI=1S/C21H15Cl2F4N3O2S/c22-13-5-12(6-14(23)17(13)24)20(21(25,26)27)7-15(28-9-20)10-1-3-11(4-2-10)19(33)29-16-8-32-30-18(16)31/h1-6,16H,7-9H2,(H,29,33)(H,30,31). The van der Waals surface area contributed by atoms with Crippen molar-refractivity contribution in [2.24, 2.45) is 4.99 Å². The van der Waals surface area contributed by atoms with Gasteiger partial charge in [0.25, 0.3) is 5.91 Å². The van der Waals surface area contributed by atoms with Crippen molar-refractivity contribution >= 4 is 52.0 Å². The first-order chi connectivity index (χ1) is 15.5. The zero-order valence-corrected chi connectivity index (χ0v) is 18.9. The van der Waals surface area contributed by atoms with Crippen LogP contribution in [0, 0.1) is 5.82 Å². The average molecular weight is 520 g/mol. The van der Waals surface area contributed by atoms with Gasteiger partial charge in [-0.1, -0.05) is 59.7 Å². The van der Waals surface area contributed by atoms with Crippen molar-refractivity contribution in [2.45, 2.75) is 24.1 Å². The fraction of sp³-hybridized carbons (Fsp3) is 0.286. The lowest BCUT2D eigenvalue weighted by molar-refractivity contribution is -0.183. The first-order valence-corrected chi connectivity index (χ1v) is 10.8. The van der Waals surface area contributed by atoms with Crippen LogP contribution in [0.3, 0.4) is 0 Å². The molecule has 1 saturated heterocycles. The van der Waals surface area contributed by atoms with Gasteiger partial charge in [0.05, 0.1) is 16.6 Å². The maximum atomic E-state index is 14.2. The fourth-order valence-corrected chi connectivity index (χ4v) is 4.47. The average Bonchev–Trinajstić information content (AvgIpc) is 3.39. The van der Waals surface area contributed by atoms with Crippen LogP contribution in [0.25, 0.3) is 0 Å². The van der Waals surface area contributed by atoms with Crippen molar-refractivity contribution < 1.29 is 27.2 Å². The summed E-state index contributed by atoms with van der Waals surface area (Å²) in [5, 5.41) is 1.89. The Morgan fingerprint density at radius 3 is 2.39 bits per heavy atom. The summed E-state index contributed by atoms with van der Waals surface area (Å²) < 4.78 is 56.5. The van der Waals surface area contributed by atoms with E-state index < -0.39 is 46.5 Å². The van der Waals surface area contributed by atoms with E-state index in [1.54, 1.807) is 24.3 Å². The maximum absolute atomic E-state index is 14.2. The Labute approximate surface area is 201 Å². The molecule has 174 valence electrons. The lowest BCUT2D eigenvalue weighted by atomic mass is 9.76. The lowest BCUT2D eigenvalue weighted by Gasteiger charge is -2.32. The largest absolute Gasteiger partial charge is 0.400 e. The second-order valence-electron chi connectivity index (χ2n) is 7.65. The molecule has 0 aliphatic carbocycles. The minimum atomic E-state index is -4.68. The predicted octanol–water partition coefficient (Wildman–Crippen LogP) is 4.52. The third kappa shape index (κ3) is 4.44. The number of rotatable bonds is 4. The summed E-state index contributed by atoms with van der Waals surface area (Å²) in [6.07, 6.45) is -5.14. The molecule has 2 aliphatic rings. The summed E-state index contributed by atoms with van der Waals surface area (Å²) in [4.78, 5) is 20.9. The highest BCUT2D eigenvalue weighted by Crippen LogP contribution is 2.49. The van der Waals surface area contributed by atoms with E-state index in [-0.39, 0.29) is 23.8 Å². The van der Waals surface area contributed by atoms with Crippen LogP contribution in [-0.2, 0) is 15.0 Å². The number of hydrogen-bond donors (Lipinski definition) is 2. The quantitative estimate of drug-likeness (QED) is 0.354. The van der Waals surface area contributed by atoms with Gasteiger partial charge in [0.15, 0.2) is 5.82 Å². The number of nitrogens with one attached hydrogen (secondary N) is 2. The Hall–Kier alpha value is -2.27. The van der Waals surface area contributed by atoms with Gasteiger partial charge in [0.1, 0.15) is 23.1 Å². The van der Waals surface area contributed by atoms with E-state index in [0.29, 0.717) is 16.1 Å². The Morgan fingerprint density at radius 2 is 1.85 bits per heavy atom. The van der Waals surface area contributed by atoms with Gasteiger partial charge in [-0.25, -0.2) is 9.87 Å². The second-order valence-corrected chi connectivity index (χ2v) is 8.88. The minimum absolute atomic E-state index is 0.116. The van der Waals surface area contributed by atoms with E-state index in [1.807, 2.05) is 0 Å². The molecule has 2 heterocycles. The molecule has 2 aromatic carbocycles. The summed E-state index contributed by atoms with van der Waals surface area (Å²) in [7, 11) is 0. The van der Waals surface area contributed by atoms with Gasteiger partial charge in [0.2, 0.25) is 0 Å². The molecule has 33 heavy (non-hydrogen) atoms. The van der Waals surface area contributed by atoms with Gasteiger partial charge in [-0.2, -0.15) is 13.2 Å². The van der Waals surface area contributed by atoms with Crippen LogP contribution in [0.5, 0.6) is 0 Å². The Kier molecular flexibility index (Phi) is 6.38. The molecule has 0 spiro atoms. The second kappa shape index (κ2) is 8.83. The minimum Gasteiger partial charge on any atom is -0.362 e. The molecule has 2 N–H and O–H groups in total. The number of carbonyl (C=O) groups excluding carboxylic acids is 1. The van der Waals surface area contributed by atoms with Gasteiger partial charge in [-0.05, 0) is 23.3 Å². The summed E-state index contributed by atoms with van der Waals surface area (Å²) in [6.45, 7) is -0.465. The fourth-order valence-electron chi connectivity index (χ4n) is 3.71. The molecule has 1 fully saturated rings. The monoisotopic (exact) mass is 519 g/mol. The molecule has 2 aromatic rings. The van der Waals surface area contributed by atoms with E-state index in [1.165, 1.54) is 0 Å². The number of thiocarbonyl (C=S) groups is 1. The lowest BCUT2D eigenvalue weighted by Crippen LogP contribution is -2.43. The van der Waals surface area contributed by atoms with Gasteiger partial charge in [0, 0.05) is 17.7 Å². The predicted molar refractivity (Wildman–Crippen MR) is 119 cm³/mol. The van der Waals surface area contributed by atoms with Gasteiger partial charge < -0.3 is 5.32 Å². The smallest absolute Gasteiger partial charge is 0.362 e. The van der Waals surface area contributed by atoms with Crippen molar-refractivity contribution in [3.05, 3.63) is 69.0 Å². The summed E-state index contributed by atoms with van der Waals surface area (Å²) >= 11 is 16.8. The normalized spacial score (nSPS) is 22.8. The number of alkyl halides is 3. The first-order valence-electron chi connectivity index (χ1n) is 9.60. The zero-order chi connectivity index (χ0) is 24.0. The molecule has 5 nitrogen and oxygen atoms in total. The van der Waals surface area contributed by atoms with E-state index in [9.17, 15) is 22.4 Å². The van der Waals surface area contributed by atoms with Crippen molar-refractivity contribution in [3.8, 4) is 0 Å². The van der Waals surface area contributed by atoms with Gasteiger partial charge in [-0.15, -0.1) is 0 Å². The summed E-state index contributed by atoms with van der Waals surface area (Å²) in [5.41, 5.74) is 0.873. The topological polar surface area (TPSA) is 62.7 Å². The zero-order valence-electron chi connectivity index (χ0n) is 16.6. The van der Waals surface area contributed by atoms with E-state index >= 15 is 0 Å². The number of aliphatic imine (C=N–C) groups is 1. The third-order valence-corrected chi connectivity index (χ3v) is 6.52. The number of amides is 1. The number of nitrogens with zero attached hydrogens (tertiary/aromatic N) is 1. The number of benzene rings is 2. The van der Waals surface area contributed by atoms with E-state index in [4.69, 9.17) is 40.3 Å². The molecular formula is C21H15Cl2F4N3O2S. The van der Waals surface area contributed by atoms with Crippen LogP contribution in [0.4, 0.5) is 17.6 Å². The number of carbonyl (C=O) groups is 1. The SMILES string of the molecule is O=C1NOCC1NC(=S)c1ccc(C2=NCC(c3cc(Cl)c(F)c(Cl)c3)(C(F)(F)F)C2)cc1. The van der Waals surface area contributed by atoms with Crippen LogP contribution < -0.4 is 10.8 Å².